The zero-order chi connectivity index (χ0) is 23.3. The Morgan fingerprint density at radius 2 is 2.00 bits per heavy atom. The van der Waals surface area contributed by atoms with Crippen molar-refractivity contribution in [1.29, 1.82) is 0 Å². The number of methoxy groups -OCH3 is 2. The normalized spacial score (nSPS) is 21.0. The summed E-state index contributed by atoms with van der Waals surface area (Å²) in [5.41, 5.74) is 3.52. The van der Waals surface area contributed by atoms with Crippen LogP contribution in [-0.2, 0) is 5.41 Å². The van der Waals surface area contributed by atoms with E-state index in [0.717, 1.165) is 61.0 Å². The van der Waals surface area contributed by atoms with Crippen molar-refractivity contribution >= 4 is 0 Å². The quantitative estimate of drug-likeness (QED) is 0.482. The maximum absolute atomic E-state index is 6.00. The van der Waals surface area contributed by atoms with Gasteiger partial charge in [-0.3, -0.25) is 0 Å². The number of H-pyrrole nitrogens is 1. The Labute approximate surface area is 196 Å². The van der Waals surface area contributed by atoms with Crippen LogP contribution in [0, 0.1) is 5.92 Å². The van der Waals surface area contributed by atoms with Crippen LogP contribution in [0.1, 0.15) is 32.3 Å². The molecular weight excluding hydrogens is 416 g/mol. The molecule has 0 amide bonds. The molecule has 3 aromatic rings. The molecular formula is C26H34N4O3. The number of nitrogens with one attached hydrogen (secondary N) is 1. The highest BCUT2D eigenvalue weighted by Crippen LogP contribution is 2.40. The maximum atomic E-state index is 6.00. The molecule has 1 N–H and O–H groups in total. The highest BCUT2D eigenvalue weighted by Gasteiger charge is 2.37. The van der Waals surface area contributed by atoms with Crippen LogP contribution in [0.15, 0.2) is 48.7 Å². The Bertz CT molecular complexity index is 1040. The largest absolute Gasteiger partial charge is 0.497 e. The molecule has 1 aliphatic heterocycles. The van der Waals surface area contributed by atoms with E-state index in [1.165, 1.54) is 5.56 Å². The van der Waals surface area contributed by atoms with Gasteiger partial charge in [0.1, 0.15) is 11.4 Å². The summed E-state index contributed by atoms with van der Waals surface area (Å²) in [6, 6.07) is 14.4. The van der Waals surface area contributed by atoms with Crippen molar-refractivity contribution in [1.82, 2.24) is 20.3 Å². The lowest BCUT2D eigenvalue weighted by molar-refractivity contribution is 0.105. The standard InChI is InChI=1S/C26H34N4O3/c1-19-18-30(12-6-14-33-25-16-22(31-3)9-10-24(25)32-4)13-11-26(19,2)21-8-5-7-20(15-21)23-17-27-29-28-23/h5,7-10,15-17,19H,6,11-14,18H2,1-4H3,(H,27,28,29). The molecule has 1 aliphatic rings. The molecule has 1 saturated heterocycles. The zero-order valence-corrected chi connectivity index (χ0v) is 20.0. The van der Waals surface area contributed by atoms with Crippen molar-refractivity contribution in [3.63, 3.8) is 0 Å². The zero-order valence-electron chi connectivity index (χ0n) is 20.0. The number of piperidine rings is 1. The Hall–Kier alpha value is -3.06. The van der Waals surface area contributed by atoms with Crippen molar-refractivity contribution < 1.29 is 14.2 Å². The summed E-state index contributed by atoms with van der Waals surface area (Å²) in [5, 5.41) is 10.9. The predicted molar refractivity (Wildman–Crippen MR) is 129 cm³/mol. The molecule has 33 heavy (non-hydrogen) atoms. The monoisotopic (exact) mass is 450 g/mol. The Balaban J connectivity index is 1.31. The summed E-state index contributed by atoms with van der Waals surface area (Å²) in [7, 11) is 3.31. The van der Waals surface area contributed by atoms with E-state index >= 15 is 0 Å². The number of ether oxygens (including phenoxy) is 3. The molecule has 2 heterocycles. The van der Waals surface area contributed by atoms with Crippen LogP contribution in [-0.4, -0.2) is 60.8 Å². The SMILES string of the molecule is COc1ccc(OC)c(OCCCN2CCC(C)(c3cccc(-c4cn[nH]n4)c3)C(C)C2)c1. The van der Waals surface area contributed by atoms with Gasteiger partial charge in [0, 0.05) is 24.7 Å². The number of benzene rings is 2. The number of aromatic nitrogens is 3. The van der Waals surface area contributed by atoms with Gasteiger partial charge in [-0.2, -0.15) is 15.4 Å². The summed E-state index contributed by atoms with van der Waals surface area (Å²) in [4.78, 5) is 2.56. The molecule has 0 aliphatic carbocycles. The van der Waals surface area contributed by atoms with E-state index in [9.17, 15) is 0 Å². The molecule has 0 spiro atoms. The third-order valence-corrected chi connectivity index (χ3v) is 7.05. The minimum Gasteiger partial charge on any atom is -0.497 e. The van der Waals surface area contributed by atoms with Gasteiger partial charge >= 0.3 is 0 Å². The van der Waals surface area contributed by atoms with Gasteiger partial charge in [-0.15, -0.1) is 0 Å². The number of rotatable bonds is 9. The second-order valence-corrected chi connectivity index (χ2v) is 9.02. The van der Waals surface area contributed by atoms with Gasteiger partial charge in [0.25, 0.3) is 0 Å². The highest BCUT2D eigenvalue weighted by atomic mass is 16.5. The molecule has 1 aromatic heterocycles. The van der Waals surface area contributed by atoms with Gasteiger partial charge in [0.2, 0.25) is 0 Å². The Morgan fingerprint density at radius 3 is 2.73 bits per heavy atom. The van der Waals surface area contributed by atoms with Crippen LogP contribution in [0.3, 0.4) is 0 Å². The van der Waals surface area contributed by atoms with Crippen LogP contribution in [0.25, 0.3) is 11.3 Å². The van der Waals surface area contributed by atoms with Gasteiger partial charge in [0.05, 0.1) is 27.0 Å². The van der Waals surface area contributed by atoms with E-state index in [0.29, 0.717) is 12.5 Å². The fourth-order valence-electron chi connectivity index (χ4n) is 4.69. The molecule has 7 nitrogen and oxygen atoms in total. The van der Waals surface area contributed by atoms with E-state index < -0.39 is 0 Å². The molecule has 4 rings (SSSR count). The number of nitrogens with zero attached hydrogens (tertiary/aromatic N) is 3. The van der Waals surface area contributed by atoms with Crippen molar-refractivity contribution in [2.45, 2.75) is 32.1 Å². The van der Waals surface area contributed by atoms with Gasteiger partial charge in [-0.05, 0) is 54.5 Å². The molecule has 0 saturated carbocycles. The molecule has 0 radical (unpaired) electrons. The molecule has 2 unspecified atom stereocenters. The minimum absolute atomic E-state index is 0.140. The lowest BCUT2D eigenvalue weighted by Crippen LogP contribution is -2.47. The number of hydrogen-bond acceptors (Lipinski definition) is 6. The summed E-state index contributed by atoms with van der Waals surface area (Å²) in [6.45, 7) is 8.59. The number of hydrogen-bond donors (Lipinski definition) is 1. The summed E-state index contributed by atoms with van der Waals surface area (Å²) in [5.74, 6) is 2.76. The maximum Gasteiger partial charge on any atom is 0.164 e. The first-order valence-corrected chi connectivity index (χ1v) is 11.6. The molecule has 2 atom stereocenters. The van der Waals surface area contributed by atoms with E-state index in [2.05, 4.69) is 58.4 Å². The van der Waals surface area contributed by atoms with Crippen LogP contribution in [0.5, 0.6) is 17.2 Å². The third kappa shape index (κ3) is 5.14. The van der Waals surface area contributed by atoms with Gasteiger partial charge < -0.3 is 19.1 Å². The summed E-state index contributed by atoms with van der Waals surface area (Å²) >= 11 is 0. The fourth-order valence-corrected chi connectivity index (χ4v) is 4.69. The van der Waals surface area contributed by atoms with E-state index in [1.54, 1.807) is 20.4 Å². The first-order valence-electron chi connectivity index (χ1n) is 11.6. The van der Waals surface area contributed by atoms with Crippen LogP contribution in [0.4, 0.5) is 0 Å². The molecule has 1 fully saturated rings. The molecule has 7 heteroatoms. The predicted octanol–water partition coefficient (Wildman–Crippen LogP) is 4.56. The third-order valence-electron chi connectivity index (χ3n) is 7.05. The average molecular weight is 451 g/mol. The average Bonchev–Trinajstić information content (AvgIpc) is 3.39. The highest BCUT2D eigenvalue weighted by molar-refractivity contribution is 5.59. The first-order chi connectivity index (χ1) is 16.0. The molecule has 0 bridgehead atoms. The van der Waals surface area contributed by atoms with Crippen molar-refractivity contribution in [2.75, 3.05) is 40.5 Å². The summed E-state index contributed by atoms with van der Waals surface area (Å²) in [6.07, 6.45) is 3.86. The smallest absolute Gasteiger partial charge is 0.164 e. The topological polar surface area (TPSA) is 72.5 Å². The lowest BCUT2D eigenvalue weighted by Gasteiger charge is -2.45. The van der Waals surface area contributed by atoms with Gasteiger partial charge in [0.15, 0.2) is 11.5 Å². The van der Waals surface area contributed by atoms with E-state index in [4.69, 9.17) is 14.2 Å². The van der Waals surface area contributed by atoms with Gasteiger partial charge in [-0.25, -0.2) is 0 Å². The van der Waals surface area contributed by atoms with Crippen LogP contribution < -0.4 is 14.2 Å². The van der Waals surface area contributed by atoms with Crippen molar-refractivity contribution in [3.05, 3.63) is 54.2 Å². The molecule has 2 aromatic carbocycles. The fraction of sp³-hybridized carbons (Fsp3) is 0.462. The van der Waals surface area contributed by atoms with Crippen molar-refractivity contribution in [2.24, 2.45) is 5.92 Å². The Morgan fingerprint density at radius 1 is 1.12 bits per heavy atom. The molecule has 176 valence electrons. The number of likely N-dealkylation sites (tertiary alicyclic amines) is 1. The first kappa shape index (κ1) is 23.1. The second kappa shape index (κ2) is 10.3. The van der Waals surface area contributed by atoms with Crippen LogP contribution >= 0.6 is 0 Å². The van der Waals surface area contributed by atoms with Gasteiger partial charge in [-0.1, -0.05) is 32.0 Å². The second-order valence-electron chi connectivity index (χ2n) is 9.02. The van der Waals surface area contributed by atoms with Crippen LogP contribution in [0.2, 0.25) is 0 Å². The number of aromatic amines is 1. The summed E-state index contributed by atoms with van der Waals surface area (Å²) < 4.78 is 16.7. The van der Waals surface area contributed by atoms with E-state index in [1.807, 2.05) is 18.2 Å². The Kier molecular flexibility index (Phi) is 7.18. The van der Waals surface area contributed by atoms with E-state index in [-0.39, 0.29) is 5.41 Å². The lowest BCUT2D eigenvalue weighted by atomic mass is 9.67. The van der Waals surface area contributed by atoms with Crippen molar-refractivity contribution in [3.8, 4) is 28.5 Å². The minimum atomic E-state index is 0.140.